The normalized spacial score (nSPS) is 9.80. The molecule has 122 valence electrons. The lowest BCUT2D eigenvalue weighted by molar-refractivity contribution is 0.0707. The molecule has 1 aromatic carbocycles. The molecular formula is C19H14N4O2. The van der Waals surface area contributed by atoms with Crippen molar-refractivity contribution in [1.29, 1.82) is 0 Å². The van der Waals surface area contributed by atoms with Crippen LogP contribution in [0.4, 0.5) is 5.69 Å². The number of amides is 1. The lowest BCUT2D eigenvalue weighted by Crippen LogP contribution is -2.20. The van der Waals surface area contributed by atoms with Gasteiger partial charge in [0.2, 0.25) is 0 Å². The lowest BCUT2D eigenvalue weighted by Gasteiger charge is -2.06. The summed E-state index contributed by atoms with van der Waals surface area (Å²) < 4.78 is 0. The fourth-order valence-corrected chi connectivity index (χ4v) is 2.19. The molecule has 6 nitrogen and oxygen atoms in total. The first-order valence-electron chi connectivity index (χ1n) is 7.40. The Bertz CT molecular complexity index is 958. The predicted octanol–water partition coefficient (Wildman–Crippen LogP) is 2.24. The number of nitrogens with two attached hydrogens (primary N) is 1. The number of carbonyl (C=O) groups excluding carboxylic acids is 1. The molecule has 0 atom stereocenters. The second-order valence-electron chi connectivity index (χ2n) is 5.17. The molecule has 0 fully saturated rings. The summed E-state index contributed by atoms with van der Waals surface area (Å²) in [5, 5.41) is 8.77. The summed E-state index contributed by atoms with van der Waals surface area (Å²) in [6, 6.07) is 12.7. The summed E-state index contributed by atoms with van der Waals surface area (Å²) in [5.74, 6) is 5.41. The van der Waals surface area contributed by atoms with Crippen molar-refractivity contribution in [3.05, 3.63) is 77.7 Å². The third-order valence-electron chi connectivity index (χ3n) is 3.47. The first kappa shape index (κ1) is 16.2. The number of nitrogen functional groups attached to an aromatic ring is 1. The van der Waals surface area contributed by atoms with Gasteiger partial charge >= 0.3 is 0 Å². The highest BCUT2D eigenvalue weighted by atomic mass is 16.5. The van der Waals surface area contributed by atoms with E-state index >= 15 is 0 Å². The zero-order valence-electron chi connectivity index (χ0n) is 13.1. The average molecular weight is 330 g/mol. The van der Waals surface area contributed by atoms with Crippen molar-refractivity contribution in [3.8, 4) is 23.1 Å². The van der Waals surface area contributed by atoms with Crippen molar-refractivity contribution in [2.45, 2.75) is 0 Å². The molecule has 1 amide bonds. The number of hydrogen-bond acceptors (Lipinski definition) is 5. The van der Waals surface area contributed by atoms with Gasteiger partial charge in [0, 0.05) is 29.1 Å². The summed E-state index contributed by atoms with van der Waals surface area (Å²) in [6.45, 7) is 0. The van der Waals surface area contributed by atoms with Crippen LogP contribution in [0.2, 0.25) is 0 Å². The molecule has 25 heavy (non-hydrogen) atoms. The highest BCUT2D eigenvalue weighted by Crippen LogP contribution is 2.21. The van der Waals surface area contributed by atoms with Crippen molar-refractivity contribution >= 4 is 11.6 Å². The van der Waals surface area contributed by atoms with Gasteiger partial charge < -0.3 is 5.73 Å². The van der Waals surface area contributed by atoms with Gasteiger partial charge in [0.1, 0.15) is 0 Å². The van der Waals surface area contributed by atoms with Gasteiger partial charge in [0.15, 0.2) is 0 Å². The highest BCUT2D eigenvalue weighted by molar-refractivity contribution is 5.99. The Morgan fingerprint density at radius 1 is 1.08 bits per heavy atom. The van der Waals surface area contributed by atoms with Crippen molar-refractivity contribution in [2.75, 3.05) is 5.73 Å². The molecular weight excluding hydrogens is 316 g/mol. The van der Waals surface area contributed by atoms with Crippen LogP contribution < -0.4 is 11.2 Å². The van der Waals surface area contributed by atoms with Crippen molar-refractivity contribution in [1.82, 2.24) is 15.4 Å². The third kappa shape index (κ3) is 3.80. The van der Waals surface area contributed by atoms with Crippen LogP contribution in [0.25, 0.3) is 11.3 Å². The SMILES string of the molecule is Nc1cnc(-c2ccc(C#Cc3cccnc3)cc2)cc1C(=O)NO. The number of benzene rings is 1. The van der Waals surface area contributed by atoms with Crippen LogP contribution in [0.15, 0.2) is 61.1 Å². The van der Waals surface area contributed by atoms with Crippen LogP contribution in [-0.4, -0.2) is 21.1 Å². The standard InChI is InChI=1S/C19H14N4O2/c20-17-12-22-18(10-16(17)19(24)23-25)15-7-5-13(6-8-15)3-4-14-2-1-9-21-11-14/h1-2,5-12,25H,20H2,(H,23,24). The van der Waals surface area contributed by atoms with E-state index in [1.54, 1.807) is 17.9 Å². The fourth-order valence-electron chi connectivity index (χ4n) is 2.19. The van der Waals surface area contributed by atoms with Gasteiger partial charge in [-0.15, -0.1) is 0 Å². The number of hydroxylamine groups is 1. The molecule has 3 aromatic rings. The molecule has 0 unspecified atom stereocenters. The minimum Gasteiger partial charge on any atom is -0.397 e. The van der Waals surface area contributed by atoms with E-state index in [0.717, 1.165) is 16.7 Å². The van der Waals surface area contributed by atoms with Crippen LogP contribution in [0.3, 0.4) is 0 Å². The molecule has 3 rings (SSSR count). The largest absolute Gasteiger partial charge is 0.397 e. The van der Waals surface area contributed by atoms with E-state index in [-0.39, 0.29) is 11.3 Å². The Morgan fingerprint density at radius 2 is 1.84 bits per heavy atom. The Balaban J connectivity index is 1.86. The van der Waals surface area contributed by atoms with E-state index in [9.17, 15) is 4.79 Å². The van der Waals surface area contributed by atoms with Gasteiger partial charge in [0.25, 0.3) is 5.91 Å². The quantitative estimate of drug-likeness (QED) is 0.380. The van der Waals surface area contributed by atoms with Crippen LogP contribution in [0.1, 0.15) is 21.5 Å². The van der Waals surface area contributed by atoms with Gasteiger partial charge in [0.05, 0.1) is 23.1 Å². The minimum absolute atomic E-state index is 0.160. The number of aromatic nitrogens is 2. The summed E-state index contributed by atoms with van der Waals surface area (Å²) in [5.41, 5.74) is 10.7. The zero-order chi connectivity index (χ0) is 17.6. The van der Waals surface area contributed by atoms with Gasteiger partial charge in [-0.1, -0.05) is 24.0 Å². The molecule has 0 bridgehead atoms. The molecule has 0 saturated carbocycles. The maximum absolute atomic E-state index is 11.6. The number of nitrogens with zero attached hydrogens (tertiary/aromatic N) is 2. The van der Waals surface area contributed by atoms with E-state index in [1.807, 2.05) is 36.4 Å². The minimum atomic E-state index is -0.680. The smallest absolute Gasteiger partial charge is 0.276 e. The molecule has 2 heterocycles. The van der Waals surface area contributed by atoms with E-state index in [4.69, 9.17) is 10.9 Å². The second kappa shape index (κ2) is 7.25. The summed E-state index contributed by atoms with van der Waals surface area (Å²) in [7, 11) is 0. The van der Waals surface area contributed by atoms with Crippen molar-refractivity contribution < 1.29 is 10.0 Å². The van der Waals surface area contributed by atoms with Crippen LogP contribution in [-0.2, 0) is 0 Å². The maximum Gasteiger partial charge on any atom is 0.276 e. The van der Waals surface area contributed by atoms with Gasteiger partial charge in [-0.2, -0.15) is 0 Å². The molecule has 0 aliphatic rings. The van der Waals surface area contributed by atoms with Gasteiger partial charge in [-0.3, -0.25) is 20.0 Å². The van der Waals surface area contributed by atoms with E-state index < -0.39 is 5.91 Å². The first-order chi connectivity index (χ1) is 12.2. The Morgan fingerprint density at radius 3 is 2.52 bits per heavy atom. The Hall–Kier alpha value is -3.69. The van der Waals surface area contributed by atoms with Crippen LogP contribution >= 0.6 is 0 Å². The second-order valence-corrected chi connectivity index (χ2v) is 5.17. The Kier molecular flexibility index (Phi) is 4.69. The van der Waals surface area contributed by atoms with E-state index in [1.165, 1.54) is 12.3 Å². The average Bonchev–Trinajstić information content (AvgIpc) is 2.67. The zero-order valence-corrected chi connectivity index (χ0v) is 13.1. The fraction of sp³-hybridized carbons (Fsp3) is 0. The first-order valence-corrected chi connectivity index (χ1v) is 7.40. The molecule has 6 heteroatoms. The number of nitrogens with one attached hydrogen (secondary N) is 1. The number of rotatable bonds is 2. The maximum atomic E-state index is 11.6. The molecule has 4 N–H and O–H groups in total. The summed E-state index contributed by atoms with van der Waals surface area (Å²) >= 11 is 0. The molecule has 0 spiro atoms. The van der Waals surface area contributed by atoms with Crippen LogP contribution in [0.5, 0.6) is 0 Å². The molecule has 0 saturated heterocycles. The third-order valence-corrected chi connectivity index (χ3v) is 3.47. The van der Waals surface area contributed by atoms with Gasteiger partial charge in [-0.05, 0) is 30.3 Å². The summed E-state index contributed by atoms with van der Waals surface area (Å²) in [4.78, 5) is 19.8. The van der Waals surface area contributed by atoms with Crippen molar-refractivity contribution in [3.63, 3.8) is 0 Å². The molecule has 0 radical (unpaired) electrons. The summed E-state index contributed by atoms with van der Waals surface area (Å²) in [6.07, 6.45) is 4.79. The predicted molar refractivity (Wildman–Crippen MR) is 93.6 cm³/mol. The Labute approximate surface area is 144 Å². The topological polar surface area (TPSA) is 101 Å². The number of anilines is 1. The number of carbonyl (C=O) groups is 1. The van der Waals surface area contributed by atoms with Gasteiger partial charge in [-0.25, -0.2) is 5.48 Å². The van der Waals surface area contributed by atoms with E-state index in [2.05, 4.69) is 21.8 Å². The number of hydrogen-bond donors (Lipinski definition) is 3. The molecule has 0 aliphatic carbocycles. The monoisotopic (exact) mass is 330 g/mol. The number of pyridine rings is 2. The molecule has 2 aromatic heterocycles. The van der Waals surface area contributed by atoms with Crippen LogP contribution in [0, 0.1) is 11.8 Å². The lowest BCUT2D eigenvalue weighted by atomic mass is 10.1. The van der Waals surface area contributed by atoms with E-state index in [0.29, 0.717) is 5.69 Å². The van der Waals surface area contributed by atoms with Crippen molar-refractivity contribution in [2.24, 2.45) is 0 Å². The molecule has 0 aliphatic heterocycles. The highest BCUT2D eigenvalue weighted by Gasteiger charge is 2.11.